The Kier molecular flexibility index (Phi) is 4.85. The number of rotatable bonds is 3. The minimum atomic E-state index is -4.29. The second-order valence-corrected chi connectivity index (χ2v) is 5.32. The highest BCUT2D eigenvalue weighted by Gasteiger charge is 2.30. The maximum Gasteiger partial charge on any atom is 0.389 e. The Bertz CT molecular complexity index is 475. The van der Waals surface area contributed by atoms with Crippen molar-refractivity contribution in [3.63, 3.8) is 0 Å². The van der Waals surface area contributed by atoms with Crippen LogP contribution in [0.5, 0.6) is 0 Å². The molecule has 1 heterocycles. The summed E-state index contributed by atoms with van der Waals surface area (Å²) in [7, 11) is 0. The Balaban J connectivity index is 1.82. The fourth-order valence-electron chi connectivity index (χ4n) is 2.60. The van der Waals surface area contributed by atoms with Crippen LogP contribution < -0.4 is 0 Å². The largest absolute Gasteiger partial charge is 0.389 e. The highest BCUT2D eigenvalue weighted by Crippen LogP contribution is 2.29. The van der Waals surface area contributed by atoms with E-state index in [1.165, 1.54) is 17.0 Å². The molecule has 6 heteroatoms. The predicted molar refractivity (Wildman–Crippen MR) is 70.2 cm³/mol. The zero-order chi connectivity index (χ0) is 15.5. The molecule has 0 N–H and O–H groups in total. The van der Waals surface area contributed by atoms with Crippen molar-refractivity contribution in [2.24, 2.45) is 0 Å². The van der Waals surface area contributed by atoms with Gasteiger partial charge in [0.1, 0.15) is 5.82 Å². The van der Waals surface area contributed by atoms with Crippen LogP contribution in [0.15, 0.2) is 24.3 Å². The van der Waals surface area contributed by atoms with Gasteiger partial charge >= 0.3 is 6.18 Å². The topological polar surface area (TPSA) is 20.3 Å². The monoisotopic (exact) mass is 303 g/mol. The maximum atomic E-state index is 12.9. The summed E-state index contributed by atoms with van der Waals surface area (Å²) < 4.78 is 49.2. The molecule has 0 aromatic heterocycles. The number of likely N-dealkylation sites (tertiary alicyclic amines) is 1. The van der Waals surface area contributed by atoms with Crippen LogP contribution in [0, 0.1) is 5.82 Å². The van der Waals surface area contributed by atoms with Crippen LogP contribution in [0.25, 0.3) is 0 Å². The zero-order valence-electron chi connectivity index (χ0n) is 11.5. The van der Waals surface area contributed by atoms with E-state index in [1.54, 1.807) is 12.1 Å². The maximum absolute atomic E-state index is 12.9. The van der Waals surface area contributed by atoms with Gasteiger partial charge in [-0.05, 0) is 36.5 Å². The summed E-state index contributed by atoms with van der Waals surface area (Å²) in [6.45, 7) is 0.914. The average molecular weight is 303 g/mol. The predicted octanol–water partition coefficient (Wildman–Crippen LogP) is 3.87. The second kappa shape index (κ2) is 6.45. The first-order valence-electron chi connectivity index (χ1n) is 6.95. The lowest BCUT2D eigenvalue weighted by Crippen LogP contribution is -2.38. The van der Waals surface area contributed by atoms with Crippen molar-refractivity contribution in [3.8, 4) is 0 Å². The molecule has 0 saturated carbocycles. The Labute approximate surface area is 120 Å². The number of halogens is 4. The van der Waals surface area contributed by atoms with Crippen molar-refractivity contribution >= 4 is 5.91 Å². The van der Waals surface area contributed by atoms with Crippen molar-refractivity contribution < 1.29 is 22.4 Å². The summed E-state index contributed by atoms with van der Waals surface area (Å²) >= 11 is 0. The molecule has 2 rings (SSSR count). The SMILES string of the molecule is O=C(CCC(F)(F)F)N1CCC(c2ccc(F)cc2)CC1. The molecule has 116 valence electrons. The summed E-state index contributed by atoms with van der Waals surface area (Å²) in [5, 5.41) is 0. The third-order valence-corrected chi connectivity index (χ3v) is 3.81. The van der Waals surface area contributed by atoms with Crippen LogP contribution in [0.1, 0.15) is 37.2 Å². The van der Waals surface area contributed by atoms with Crippen LogP contribution in [-0.4, -0.2) is 30.1 Å². The van der Waals surface area contributed by atoms with Gasteiger partial charge < -0.3 is 4.90 Å². The first kappa shape index (κ1) is 15.8. The summed E-state index contributed by atoms with van der Waals surface area (Å²) in [5.41, 5.74) is 1.01. The molecule has 1 aromatic carbocycles. The molecule has 1 amide bonds. The molecule has 2 nitrogen and oxygen atoms in total. The minimum absolute atomic E-state index is 0.234. The number of nitrogens with zero attached hydrogens (tertiary/aromatic N) is 1. The smallest absolute Gasteiger partial charge is 0.343 e. The molecule has 0 radical (unpaired) electrons. The Hall–Kier alpha value is -1.59. The second-order valence-electron chi connectivity index (χ2n) is 5.32. The molecule has 1 fully saturated rings. The number of carbonyl (C=O) groups excluding carboxylic acids is 1. The van der Waals surface area contributed by atoms with Crippen molar-refractivity contribution in [2.75, 3.05) is 13.1 Å². The van der Waals surface area contributed by atoms with E-state index in [9.17, 15) is 22.4 Å². The van der Waals surface area contributed by atoms with Gasteiger partial charge in [-0.3, -0.25) is 4.79 Å². The number of carbonyl (C=O) groups is 1. The number of hydrogen-bond acceptors (Lipinski definition) is 1. The number of benzene rings is 1. The fourth-order valence-corrected chi connectivity index (χ4v) is 2.60. The number of piperidine rings is 1. The average Bonchev–Trinajstić information content (AvgIpc) is 2.45. The fraction of sp³-hybridized carbons (Fsp3) is 0.533. The van der Waals surface area contributed by atoms with Crippen LogP contribution in [0.3, 0.4) is 0 Å². The van der Waals surface area contributed by atoms with E-state index >= 15 is 0 Å². The first-order chi connectivity index (χ1) is 9.85. The standard InChI is InChI=1S/C15H17F4NO/c16-13-3-1-11(2-4-13)12-6-9-20(10-7-12)14(21)5-8-15(17,18)19/h1-4,12H,5-10H2. The van der Waals surface area contributed by atoms with E-state index in [0.29, 0.717) is 25.9 Å². The van der Waals surface area contributed by atoms with Gasteiger partial charge in [0.25, 0.3) is 0 Å². The van der Waals surface area contributed by atoms with Gasteiger partial charge in [-0.2, -0.15) is 13.2 Å². The van der Waals surface area contributed by atoms with Gasteiger partial charge in [0.2, 0.25) is 5.91 Å². The van der Waals surface area contributed by atoms with E-state index in [4.69, 9.17) is 0 Å². The van der Waals surface area contributed by atoms with E-state index in [2.05, 4.69) is 0 Å². The van der Waals surface area contributed by atoms with E-state index in [-0.39, 0.29) is 11.7 Å². The molecular weight excluding hydrogens is 286 g/mol. The van der Waals surface area contributed by atoms with Crippen molar-refractivity contribution in [1.82, 2.24) is 4.90 Å². The molecule has 0 spiro atoms. The van der Waals surface area contributed by atoms with Gasteiger partial charge in [-0.1, -0.05) is 12.1 Å². The quantitative estimate of drug-likeness (QED) is 0.776. The molecule has 0 atom stereocenters. The Morgan fingerprint density at radius 2 is 1.71 bits per heavy atom. The highest BCUT2D eigenvalue weighted by atomic mass is 19.4. The summed E-state index contributed by atoms with van der Waals surface area (Å²) in [5.74, 6) is -0.499. The van der Waals surface area contributed by atoms with Gasteiger partial charge in [0.05, 0.1) is 6.42 Å². The number of alkyl halides is 3. The number of hydrogen-bond donors (Lipinski definition) is 0. The zero-order valence-corrected chi connectivity index (χ0v) is 11.5. The van der Waals surface area contributed by atoms with Crippen LogP contribution in [0.4, 0.5) is 17.6 Å². The van der Waals surface area contributed by atoms with Crippen molar-refractivity contribution in [1.29, 1.82) is 0 Å². The summed E-state index contributed by atoms with van der Waals surface area (Å²) in [6.07, 6.45) is -4.44. The Morgan fingerprint density at radius 3 is 2.24 bits per heavy atom. The molecular formula is C15H17F4NO. The molecule has 0 bridgehead atoms. The van der Waals surface area contributed by atoms with Gasteiger partial charge in [-0.25, -0.2) is 4.39 Å². The molecule has 1 aliphatic rings. The lowest BCUT2D eigenvalue weighted by atomic mass is 9.89. The summed E-state index contributed by atoms with van der Waals surface area (Å²) in [6, 6.07) is 6.24. The lowest BCUT2D eigenvalue weighted by molar-refractivity contribution is -0.149. The highest BCUT2D eigenvalue weighted by molar-refractivity contribution is 5.76. The summed E-state index contributed by atoms with van der Waals surface area (Å²) in [4.78, 5) is 13.2. The third kappa shape index (κ3) is 4.72. The van der Waals surface area contributed by atoms with Gasteiger partial charge in [-0.15, -0.1) is 0 Å². The number of amides is 1. The van der Waals surface area contributed by atoms with Gasteiger partial charge in [0.15, 0.2) is 0 Å². The lowest BCUT2D eigenvalue weighted by Gasteiger charge is -2.32. The van der Waals surface area contributed by atoms with Crippen LogP contribution in [-0.2, 0) is 4.79 Å². The first-order valence-corrected chi connectivity index (χ1v) is 6.95. The Morgan fingerprint density at radius 1 is 1.14 bits per heavy atom. The molecule has 21 heavy (non-hydrogen) atoms. The molecule has 0 unspecified atom stereocenters. The molecule has 1 aliphatic heterocycles. The minimum Gasteiger partial charge on any atom is -0.343 e. The molecule has 0 aliphatic carbocycles. The normalized spacial score (nSPS) is 17.0. The van der Waals surface area contributed by atoms with Crippen LogP contribution >= 0.6 is 0 Å². The van der Waals surface area contributed by atoms with Crippen molar-refractivity contribution in [3.05, 3.63) is 35.6 Å². The van der Waals surface area contributed by atoms with E-state index in [0.717, 1.165) is 5.56 Å². The third-order valence-electron chi connectivity index (χ3n) is 3.81. The molecule has 1 saturated heterocycles. The van der Waals surface area contributed by atoms with Crippen molar-refractivity contribution in [2.45, 2.75) is 37.8 Å². The van der Waals surface area contributed by atoms with Crippen LogP contribution in [0.2, 0.25) is 0 Å². The molecule has 1 aromatic rings. The van der Waals surface area contributed by atoms with E-state index in [1.807, 2.05) is 0 Å². The van der Waals surface area contributed by atoms with Gasteiger partial charge in [0, 0.05) is 19.5 Å². The van der Waals surface area contributed by atoms with E-state index < -0.39 is 24.9 Å².